The van der Waals surface area contributed by atoms with E-state index < -0.39 is 81.9 Å². The Labute approximate surface area is 435 Å². The predicted molar refractivity (Wildman–Crippen MR) is 253 cm³/mol. The van der Waals surface area contributed by atoms with E-state index in [1.807, 2.05) is 30.3 Å². The summed E-state index contributed by atoms with van der Waals surface area (Å²) in [4.78, 5) is 38.8. The zero-order chi connectivity index (χ0) is 55.5. The summed E-state index contributed by atoms with van der Waals surface area (Å²) in [7, 11) is 0. The number of hydrogen-bond donors (Lipinski definition) is 3. The van der Waals surface area contributed by atoms with Crippen LogP contribution < -0.4 is 16.0 Å². The van der Waals surface area contributed by atoms with Crippen LogP contribution in [0.2, 0.25) is 0 Å². The lowest BCUT2D eigenvalue weighted by Gasteiger charge is -2.52. The van der Waals surface area contributed by atoms with Gasteiger partial charge < -0.3 is 30.2 Å². The van der Waals surface area contributed by atoms with Crippen molar-refractivity contribution >= 4 is 29.5 Å². The Kier molecular flexibility index (Phi) is 17.1. The molecule has 0 aliphatic carbocycles. The summed E-state index contributed by atoms with van der Waals surface area (Å²) in [6.45, 7) is 3.00. The molecule has 4 fully saturated rings. The van der Waals surface area contributed by atoms with Crippen LogP contribution in [0.3, 0.4) is 0 Å². The molecule has 23 heteroatoms. The number of alkyl halides is 13. The summed E-state index contributed by atoms with van der Waals surface area (Å²) in [5, 5.41) is 9.48. The summed E-state index contributed by atoms with van der Waals surface area (Å²) >= 11 is 5.73. The maximum atomic E-state index is 13.5. The molecular formula is C53H55ClF12N4O6. The minimum Gasteiger partial charge on any atom is -0.448 e. The second-order valence-corrected chi connectivity index (χ2v) is 20.2. The van der Waals surface area contributed by atoms with E-state index in [0.717, 1.165) is 5.56 Å². The molecule has 76 heavy (non-hydrogen) atoms. The number of hydrogen-bond acceptors (Lipinski definition) is 7. The van der Waals surface area contributed by atoms with Gasteiger partial charge in [0.1, 0.15) is 6.61 Å². The smallest absolute Gasteiger partial charge is 0.416 e. The third kappa shape index (κ3) is 13.4. The summed E-state index contributed by atoms with van der Waals surface area (Å²) in [6, 6.07) is 21.0. The van der Waals surface area contributed by atoms with Gasteiger partial charge in [0.15, 0.2) is 0 Å². The zero-order valence-corrected chi connectivity index (χ0v) is 41.9. The van der Waals surface area contributed by atoms with Crippen molar-refractivity contribution < 1.29 is 81.3 Å². The number of nitrogens with one attached hydrogen (secondary N) is 3. The van der Waals surface area contributed by atoms with Gasteiger partial charge in [-0.15, -0.1) is 11.6 Å². The molecule has 4 saturated heterocycles. The zero-order valence-electron chi connectivity index (χ0n) is 41.1. The highest BCUT2D eigenvalue weighted by molar-refractivity contribution is 6.18. The van der Waals surface area contributed by atoms with Crippen molar-refractivity contribution in [2.45, 2.75) is 124 Å². The van der Waals surface area contributed by atoms with E-state index in [0.29, 0.717) is 74.9 Å². The lowest BCUT2D eigenvalue weighted by molar-refractivity contribution is -0.145. The average molecular weight is 1110 g/mol. The van der Waals surface area contributed by atoms with Crippen molar-refractivity contribution in [2.75, 3.05) is 38.8 Å². The van der Waals surface area contributed by atoms with E-state index in [2.05, 4.69) is 16.0 Å². The minimum atomic E-state index is -5.01. The fourth-order valence-electron chi connectivity index (χ4n) is 10.3. The number of benzene rings is 4. The number of amides is 3. The largest absolute Gasteiger partial charge is 0.448 e. The molecule has 4 aromatic rings. The van der Waals surface area contributed by atoms with E-state index in [1.54, 1.807) is 30.3 Å². The van der Waals surface area contributed by atoms with Crippen LogP contribution in [-0.2, 0) is 59.6 Å². The molecule has 6 atom stereocenters. The molecule has 0 radical (unpaired) electrons. The lowest BCUT2D eigenvalue weighted by atomic mass is 9.74. The maximum Gasteiger partial charge on any atom is 0.416 e. The molecule has 4 aromatic carbocycles. The third-order valence-corrected chi connectivity index (χ3v) is 14.9. The molecule has 10 nitrogen and oxygen atoms in total. The van der Waals surface area contributed by atoms with Gasteiger partial charge in [-0.3, -0.25) is 14.5 Å². The third-order valence-electron chi connectivity index (χ3n) is 14.7. The molecule has 8 rings (SSSR count). The summed E-state index contributed by atoms with van der Waals surface area (Å²) in [6.07, 6.45) is -18.9. The number of halogens is 13. The van der Waals surface area contributed by atoms with Gasteiger partial charge in [-0.2, -0.15) is 52.7 Å². The number of ether oxygens (including phenoxy) is 3. The molecule has 3 N–H and O–H groups in total. The van der Waals surface area contributed by atoms with Crippen molar-refractivity contribution in [3.05, 3.63) is 142 Å². The van der Waals surface area contributed by atoms with Crippen molar-refractivity contribution in [2.24, 2.45) is 0 Å². The van der Waals surface area contributed by atoms with Gasteiger partial charge in [-0.05, 0) is 111 Å². The fourth-order valence-corrected chi connectivity index (χ4v) is 10.4. The first-order chi connectivity index (χ1) is 35.5. The van der Waals surface area contributed by atoms with Crippen LogP contribution in [0.4, 0.5) is 57.5 Å². The van der Waals surface area contributed by atoms with Gasteiger partial charge in [0.25, 0.3) is 0 Å². The Morgan fingerprint density at radius 1 is 0.592 bits per heavy atom. The molecule has 0 saturated carbocycles. The van der Waals surface area contributed by atoms with E-state index in [4.69, 9.17) is 25.8 Å². The molecule has 4 aliphatic heterocycles. The monoisotopic (exact) mass is 1110 g/mol. The van der Waals surface area contributed by atoms with Gasteiger partial charge >= 0.3 is 30.8 Å². The topological polar surface area (TPSA) is 118 Å². The molecule has 4 heterocycles. The van der Waals surface area contributed by atoms with Crippen LogP contribution in [0.25, 0.3) is 0 Å². The van der Waals surface area contributed by atoms with Gasteiger partial charge in [-0.25, -0.2) is 4.79 Å². The van der Waals surface area contributed by atoms with Gasteiger partial charge in [0, 0.05) is 25.9 Å². The van der Waals surface area contributed by atoms with Gasteiger partial charge in [0.05, 0.1) is 75.7 Å². The van der Waals surface area contributed by atoms with Crippen LogP contribution >= 0.6 is 11.6 Å². The second-order valence-electron chi connectivity index (χ2n) is 19.8. The molecule has 0 unspecified atom stereocenters. The molecular weight excluding hydrogens is 1050 g/mol. The maximum absolute atomic E-state index is 13.5. The minimum absolute atomic E-state index is 0.00565. The van der Waals surface area contributed by atoms with Crippen molar-refractivity contribution in [1.82, 2.24) is 20.9 Å². The Hall–Kier alpha value is -5.58. The highest BCUT2D eigenvalue weighted by Gasteiger charge is 2.54. The summed E-state index contributed by atoms with van der Waals surface area (Å²) < 4.78 is 178. The Bertz CT molecular complexity index is 2620. The Balaban J connectivity index is 0.000000224. The number of nitrogens with zero attached hydrogens (tertiary/aromatic N) is 1. The molecule has 0 bridgehead atoms. The van der Waals surface area contributed by atoms with Crippen LogP contribution in [0.15, 0.2) is 97.1 Å². The van der Waals surface area contributed by atoms with Crippen molar-refractivity contribution in [3.8, 4) is 0 Å². The summed E-state index contributed by atoms with van der Waals surface area (Å²) in [5.41, 5.74) is -7.59. The fraction of sp³-hybridized carbons (Fsp3) is 0.491. The number of likely N-dealkylation sites (tertiary alicyclic amines) is 1. The molecule has 414 valence electrons. The molecule has 4 aliphatic rings. The number of piperidine rings is 2. The Morgan fingerprint density at radius 2 is 1.03 bits per heavy atom. The van der Waals surface area contributed by atoms with Crippen molar-refractivity contribution in [3.63, 3.8) is 0 Å². The average Bonchev–Trinajstić information content (AvgIpc) is 3.96. The van der Waals surface area contributed by atoms with Crippen LogP contribution in [0.1, 0.15) is 122 Å². The van der Waals surface area contributed by atoms with Crippen LogP contribution in [0, 0.1) is 0 Å². The lowest BCUT2D eigenvalue weighted by Crippen LogP contribution is -2.65. The molecule has 3 amide bonds. The summed E-state index contributed by atoms with van der Waals surface area (Å²) in [5.74, 6) is -0.125. The first kappa shape index (κ1) is 58.1. The van der Waals surface area contributed by atoms with Gasteiger partial charge in [0.2, 0.25) is 11.8 Å². The van der Waals surface area contributed by atoms with E-state index in [-0.39, 0.29) is 85.7 Å². The normalized spacial score (nSPS) is 24.9. The number of carbonyl (C=O) groups is 3. The quantitative estimate of drug-likeness (QED) is 0.0955. The first-order valence-electron chi connectivity index (χ1n) is 24.3. The van der Waals surface area contributed by atoms with Crippen LogP contribution in [-0.4, -0.2) is 72.7 Å². The number of rotatable bonds is 12. The Morgan fingerprint density at radius 3 is 1.43 bits per heavy atom. The van der Waals surface area contributed by atoms with E-state index >= 15 is 0 Å². The van der Waals surface area contributed by atoms with E-state index in [1.165, 1.54) is 18.7 Å². The highest BCUT2D eigenvalue weighted by Crippen LogP contribution is 2.47. The van der Waals surface area contributed by atoms with Crippen molar-refractivity contribution in [1.29, 1.82) is 0 Å². The predicted octanol–water partition coefficient (Wildman–Crippen LogP) is 12.5. The van der Waals surface area contributed by atoms with Gasteiger partial charge in [-0.1, -0.05) is 60.7 Å². The first-order valence-corrected chi connectivity index (χ1v) is 24.9. The molecule has 2 spiro atoms. The second kappa shape index (κ2) is 22.4. The van der Waals surface area contributed by atoms with E-state index in [9.17, 15) is 67.1 Å². The standard InChI is InChI=1S/C28H29ClF6N2O4.C25H26F6N2O2/c1-18(19-13-21(27(30,31)32)15-22(14-19)28(33,34)35)41-17-26(20-5-3-2-4-6-20)10-9-25(8-7-23(38)36-25)16-37(26)24(39)40-12-11-29;1-16(17-11-19(24(26,27)28)13-20(12-17)25(29,30)31)35-15-23(18-5-3-2-4-6-18)10-9-22(14-32-23)8-7-21(34)33-22/h2-6,13-15,18H,7-12,16-17H2,1H3,(H,36,38);2-6,11-13,16,32H,7-10,14-15H2,1H3,(H,33,34)/t18-,25-,26-;16-,22-,23-/m11/s1. The van der Waals surface area contributed by atoms with Crippen LogP contribution in [0.5, 0.6) is 0 Å². The highest BCUT2D eigenvalue weighted by atomic mass is 35.5. The molecule has 0 aromatic heterocycles. The number of carbonyl (C=O) groups excluding carboxylic acids is 3. The SMILES string of the molecule is C[C@@H](OC[C@@]1(c2ccccc2)CC[C@]2(CCC(=O)N2)CN1)c1cc(C(F)(F)F)cc(C(F)(F)F)c1.C[C@@H](OC[C@@]1(c2ccccc2)CC[C@]2(CCC(=O)N2)CN1C(=O)OCCCl)c1cc(C(F)(F)F)cc(C(F)(F)F)c1.